The lowest BCUT2D eigenvalue weighted by atomic mass is 10.0. The number of alkyl carbamates (subject to hydrolysis) is 1. The van der Waals surface area contributed by atoms with Crippen LogP contribution in [0.1, 0.15) is 42.3 Å². The Bertz CT molecular complexity index is 602. The second-order valence-electron chi connectivity index (χ2n) is 5.74. The van der Waals surface area contributed by atoms with Crippen LogP contribution in [0.5, 0.6) is 0 Å². The van der Waals surface area contributed by atoms with Crippen LogP contribution in [-0.2, 0) is 10.9 Å². The summed E-state index contributed by atoms with van der Waals surface area (Å²) in [6.07, 6.45) is -1.78. The van der Waals surface area contributed by atoms with Crippen molar-refractivity contribution in [1.82, 2.24) is 5.32 Å². The standard InChI is InChI=1S/C16H18F3NO3/c1-15(2,3)23-14(22)20-8-4-5-11-6-7-13(16(17,18)19)9-12(11)10-21/h4-7,9-10H,8H2,1-3H3,(H,20,22). The quantitative estimate of drug-likeness (QED) is 0.848. The summed E-state index contributed by atoms with van der Waals surface area (Å²) in [6, 6.07) is 2.89. The summed E-state index contributed by atoms with van der Waals surface area (Å²) in [5, 5.41) is 2.47. The van der Waals surface area contributed by atoms with Crippen molar-refractivity contribution in [2.24, 2.45) is 0 Å². The smallest absolute Gasteiger partial charge is 0.416 e. The van der Waals surface area contributed by atoms with E-state index in [1.54, 1.807) is 20.8 Å². The zero-order valence-corrected chi connectivity index (χ0v) is 13.0. The van der Waals surface area contributed by atoms with Crippen LogP contribution in [0.2, 0.25) is 0 Å². The first-order valence-corrected chi connectivity index (χ1v) is 6.83. The number of carbonyl (C=O) groups excluding carboxylic acids is 2. The Labute approximate surface area is 132 Å². The highest BCUT2D eigenvalue weighted by molar-refractivity contribution is 5.82. The zero-order valence-electron chi connectivity index (χ0n) is 13.0. The lowest BCUT2D eigenvalue weighted by Crippen LogP contribution is -2.32. The van der Waals surface area contributed by atoms with E-state index < -0.39 is 23.4 Å². The van der Waals surface area contributed by atoms with Gasteiger partial charge in [0.15, 0.2) is 6.29 Å². The largest absolute Gasteiger partial charge is 0.444 e. The van der Waals surface area contributed by atoms with Crippen molar-refractivity contribution in [2.45, 2.75) is 32.5 Å². The van der Waals surface area contributed by atoms with Crippen molar-refractivity contribution in [2.75, 3.05) is 6.54 Å². The van der Waals surface area contributed by atoms with Crippen LogP contribution in [0.25, 0.3) is 6.08 Å². The molecule has 0 bridgehead atoms. The Hall–Kier alpha value is -2.31. The molecule has 0 fully saturated rings. The molecule has 4 nitrogen and oxygen atoms in total. The average molecular weight is 329 g/mol. The SMILES string of the molecule is CC(C)(C)OC(=O)NCC=Cc1ccc(C(F)(F)F)cc1C=O. The summed E-state index contributed by atoms with van der Waals surface area (Å²) in [7, 11) is 0. The number of rotatable bonds is 4. The van der Waals surface area contributed by atoms with Gasteiger partial charge in [-0.15, -0.1) is 0 Å². The van der Waals surface area contributed by atoms with Crippen LogP contribution in [0.15, 0.2) is 24.3 Å². The molecule has 1 rings (SSSR count). The van der Waals surface area contributed by atoms with Crippen LogP contribution in [0, 0.1) is 0 Å². The molecule has 0 heterocycles. The normalized spacial score (nSPS) is 12.3. The summed E-state index contributed by atoms with van der Waals surface area (Å²) in [5.41, 5.74) is -1.25. The highest BCUT2D eigenvalue weighted by atomic mass is 19.4. The molecule has 1 amide bonds. The third kappa shape index (κ3) is 6.54. The minimum absolute atomic E-state index is 0.0756. The van der Waals surface area contributed by atoms with Gasteiger partial charge in [0.25, 0.3) is 0 Å². The van der Waals surface area contributed by atoms with Gasteiger partial charge in [-0.25, -0.2) is 4.79 Å². The van der Waals surface area contributed by atoms with Gasteiger partial charge in [-0.3, -0.25) is 4.79 Å². The number of amides is 1. The van der Waals surface area contributed by atoms with E-state index in [-0.39, 0.29) is 12.1 Å². The Balaban J connectivity index is 2.70. The highest BCUT2D eigenvalue weighted by Crippen LogP contribution is 2.30. The van der Waals surface area contributed by atoms with Crippen LogP contribution < -0.4 is 5.32 Å². The number of nitrogens with one attached hydrogen (secondary N) is 1. The number of halogens is 3. The maximum atomic E-state index is 12.6. The fourth-order valence-corrected chi connectivity index (χ4v) is 1.65. The van der Waals surface area contributed by atoms with Gasteiger partial charge in [-0.1, -0.05) is 18.2 Å². The monoisotopic (exact) mass is 329 g/mol. The van der Waals surface area contributed by atoms with Gasteiger partial charge in [0.1, 0.15) is 5.60 Å². The first kappa shape index (κ1) is 18.7. The van der Waals surface area contributed by atoms with Gasteiger partial charge < -0.3 is 10.1 Å². The van der Waals surface area contributed by atoms with E-state index in [4.69, 9.17) is 4.74 Å². The molecule has 126 valence electrons. The summed E-state index contributed by atoms with van der Waals surface area (Å²) >= 11 is 0. The van der Waals surface area contributed by atoms with Gasteiger partial charge in [-0.2, -0.15) is 13.2 Å². The molecule has 0 saturated carbocycles. The molecule has 0 saturated heterocycles. The third-order valence-electron chi connectivity index (χ3n) is 2.60. The predicted molar refractivity (Wildman–Crippen MR) is 80.1 cm³/mol. The van der Waals surface area contributed by atoms with E-state index in [9.17, 15) is 22.8 Å². The van der Waals surface area contributed by atoms with E-state index in [0.29, 0.717) is 11.8 Å². The number of benzene rings is 1. The molecule has 0 aromatic heterocycles. The maximum absolute atomic E-state index is 12.6. The summed E-state index contributed by atoms with van der Waals surface area (Å²) < 4.78 is 42.7. The summed E-state index contributed by atoms with van der Waals surface area (Å²) in [5.74, 6) is 0. The lowest BCUT2D eigenvalue weighted by Gasteiger charge is -2.19. The topological polar surface area (TPSA) is 55.4 Å². The first-order chi connectivity index (χ1) is 10.5. The number of aldehydes is 1. The Kier molecular flexibility index (Phi) is 5.95. The molecule has 0 aliphatic rings. The van der Waals surface area contributed by atoms with Crippen molar-refractivity contribution < 1.29 is 27.5 Å². The molecule has 23 heavy (non-hydrogen) atoms. The number of alkyl halides is 3. The molecular weight excluding hydrogens is 311 g/mol. The molecule has 0 spiro atoms. The Morgan fingerprint density at radius 3 is 2.39 bits per heavy atom. The van der Waals surface area contributed by atoms with Gasteiger partial charge in [-0.05, 0) is 38.5 Å². The van der Waals surface area contributed by atoms with Gasteiger partial charge in [0.2, 0.25) is 0 Å². The van der Waals surface area contributed by atoms with Gasteiger partial charge in [0, 0.05) is 12.1 Å². The number of ether oxygens (including phenoxy) is 1. The maximum Gasteiger partial charge on any atom is 0.416 e. The third-order valence-corrected chi connectivity index (χ3v) is 2.60. The van der Waals surface area contributed by atoms with Crippen LogP contribution in [-0.4, -0.2) is 24.5 Å². The van der Waals surface area contributed by atoms with Crippen molar-refractivity contribution in [3.05, 3.63) is 41.0 Å². The minimum Gasteiger partial charge on any atom is -0.444 e. The zero-order chi connectivity index (χ0) is 17.7. The molecule has 1 aromatic rings. The van der Waals surface area contributed by atoms with Gasteiger partial charge >= 0.3 is 12.3 Å². The van der Waals surface area contributed by atoms with E-state index >= 15 is 0 Å². The summed E-state index contributed by atoms with van der Waals surface area (Å²) in [6.45, 7) is 5.29. The average Bonchev–Trinajstić information content (AvgIpc) is 2.40. The van der Waals surface area contributed by atoms with Crippen molar-refractivity contribution in [1.29, 1.82) is 0 Å². The van der Waals surface area contributed by atoms with Crippen molar-refractivity contribution in [3.63, 3.8) is 0 Å². The van der Waals surface area contributed by atoms with Crippen LogP contribution in [0.3, 0.4) is 0 Å². The predicted octanol–water partition coefficient (Wildman–Crippen LogP) is 4.06. The molecule has 0 unspecified atom stereocenters. The molecule has 0 aliphatic heterocycles. The van der Waals surface area contributed by atoms with E-state index in [1.165, 1.54) is 18.2 Å². The Morgan fingerprint density at radius 2 is 1.87 bits per heavy atom. The molecular formula is C16H18F3NO3. The van der Waals surface area contributed by atoms with Gasteiger partial charge in [0.05, 0.1) is 5.56 Å². The van der Waals surface area contributed by atoms with Crippen molar-refractivity contribution >= 4 is 18.5 Å². The first-order valence-electron chi connectivity index (χ1n) is 6.83. The van der Waals surface area contributed by atoms with E-state index in [2.05, 4.69) is 5.32 Å². The fraction of sp³-hybridized carbons (Fsp3) is 0.375. The molecule has 0 radical (unpaired) electrons. The number of carbonyl (C=O) groups is 2. The van der Waals surface area contributed by atoms with Crippen LogP contribution in [0.4, 0.5) is 18.0 Å². The molecule has 7 heteroatoms. The molecule has 0 atom stereocenters. The summed E-state index contributed by atoms with van der Waals surface area (Å²) in [4.78, 5) is 22.3. The number of hydrogen-bond acceptors (Lipinski definition) is 3. The molecule has 0 aliphatic carbocycles. The van der Waals surface area contributed by atoms with E-state index in [0.717, 1.165) is 12.1 Å². The van der Waals surface area contributed by atoms with E-state index in [1.807, 2.05) is 0 Å². The molecule has 1 aromatic carbocycles. The number of hydrogen-bond donors (Lipinski definition) is 1. The van der Waals surface area contributed by atoms with Crippen LogP contribution >= 0.6 is 0 Å². The van der Waals surface area contributed by atoms with Crippen molar-refractivity contribution in [3.8, 4) is 0 Å². The second-order valence-corrected chi connectivity index (χ2v) is 5.74. The molecule has 1 N–H and O–H groups in total. The highest BCUT2D eigenvalue weighted by Gasteiger charge is 2.30. The minimum atomic E-state index is -4.50. The fourth-order valence-electron chi connectivity index (χ4n) is 1.65. The second kappa shape index (κ2) is 7.30. The Morgan fingerprint density at radius 1 is 1.22 bits per heavy atom. The lowest BCUT2D eigenvalue weighted by molar-refractivity contribution is -0.137.